The van der Waals surface area contributed by atoms with E-state index in [0.29, 0.717) is 11.7 Å². The van der Waals surface area contributed by atoms with Crippen molar-refractivity contribution in [2.45, 2.75) is 19.4 Å². The van der Waals surface area contributed by atoms with E-state index in [9.17, 15) is 10.1 Å². The normalized spacial score (nSPS) is 18.5. The molecule has 2 atom stereocenters. The smallest absolute Gasteiger partial charge is 0.269 e. The third-order valence-electron chi connectivity index (χ3n) is 5.08. The molecule has 1 aromatic heterocycles. The molecule has 1 fully saturated rings. The fourth-order valence-electron chi connectivity index (χ4n) is 3.61. The van der Waals surface area contributed by atoms with Crippen LogP contribution in [0.25, 0.3) is 11.4 Å². The minimum Gasteiger partial charge on any atom is -0.373 e. The Morgan fingerprint density at radius 2 is 1.90 bits per heavy atom. The van der Waals surface area contributed by atoms with Gasteiger partial charge in [0.15, 0.2) is 5.82 Å². The molecule has 1 N–H and O–H groups in total. The Bertz CT molecular complexity index is 993. The summed E-state index contributed by atoms with van der Waals surface area (Å²) in [6.07, 6.45) is 1.08. The fraction of sp³-hybridized carbons (Fsp3) is 0.273. The molecule has 1 saturated heterocycles. The molecule has 1 aliphatic heterocycles. The van der Waals surface area contributed by atoms with Gasteiger partial charge in [0.25, 0.3) is 5.69 Å². The van der Waals surface area contributed by atoms with E-state index in [0.717, 1.165) is 36.6 Å². The van der Waals surface area contributed by atoms with Gasteiger partial charge in [-0.15, -0.1) is 0 Å². The van der Waals surface area contributed by atoms with Crippen molar-refractivity contribution in [1.82, 2.24) is 9.97 Å². The van der Waals surface area contributed by atoms with Crippen LogP contribution in [0.5, 0.6) is 0 Å². The van der Waals surface area contributed by atoms with Crippen LogP contribution in [0.15, 0.2) is 60.7 Å². The lowest BCUT2D eigenvalue weighted by Crippen LogP contribution is -2.18. The van der Waals surface area contributed by atoms with Crippen molar-refractivity contribution in [1.29, 1.82) is 0 Å². The van der Waals surface area contributed by atoms with Gasteiger partial charge in [0.1, 0.15) is 5.82 Å². The second kappa shape index (κ2) is 8.36. The number of nitro benzene ring substituents is 1. The summed E-state index contributed by atoms with van der Waals surface area (Å²) >= 11 is 0. The van der Waals surface area contributed by atoms with Crippen LogP contribution in [0.2, 0.25) is 0 Å². The second-order valence-corrected chi connectivity index (χ2v) is 7.15. The van der Waals surface area contributed by atoms with Gasteiger partial charge in [-0.2, -0.15) is 0 Å². The first-order valence-corrected chi connectivity index (χ1v) is 9.61. The number of nitrogens with zero attached hydrogens (tertiary/aromatic N) is 3. The average molecular weight is 390 g/mol. The highest BCUT2D eigenvalue weighted by Gasteiger charge is 2.29. The maximum absolute atomic E-state index is 10.9. The molecule has 2 heterocycles. The van der Waals surface area contributed by atoms with Crippen molar-refractivity contribution in [3.05, 3.63) is 82.0 Å². The van der Waals surface area contributed by atoms with Gasteiger partial charge < -0.3 is 10.1 Å². The number of aryl methyl sites for hydroxylation is 1. The van der Waals surface area contributed by atoms with Crippen LogP contribution in [0.3, 0.4) is 0 Å². The van der Waals surface area contributed by atoms with E-state index in [1.807, 2.05) is 31.2 Å². The largest absolute Gasteiger partial charge is 0.373 e. The number of ether oxygens (including phenoxy) is 1. The third-order valence-corrected chi connectivity index (χ3v) is 5.08. The van der Waals surface area contributed by atoms with Gasteiger partial charge in [-0.25, -0.2) is 9.97 Å². The average Bonchev–Trinajstić information content (AvgIpc) is 3.21. The highest BCUT2D eigenvalue weighted by atomic mass is 16.6. The van der Waals surface area contributed by atoms with E-state index in [1.54, 1.807) is 12.1 Å². The highest BCUT2D eigenvalue weighted by Crippen LogP contribution is 2.34. The first-order valence-electron chi connectivity index (χ1n) is 9.61. The first kappa shape index (κ1) is 19.0. The van der Waals surface area contributed by atoms with Crippen LogP contribution in [-0.4, -0.2) is 28.0 Å². The molecular weight excluding hydrogens is 368 g/mol. The molecule has 0 aliphatic carbocycles. The molecule has 29 heavy (non-hydrogen) atoms. The number of rotatable bonds is 6. The van der Waals surface area contributed by atoms with Gasteiger partial charge in [-0.3, -0.25) is 10.1 Å². The predicted octanol–water partition coefficient (Wildman–Crippen LogP) is 4.55. The molecule has 0 bridgehead atoms. The Morgan fingerprint density at radius 3 is 2.62 bits per heavy atom. The van der Waals surface area contributed by atoms with E-state index in [2.05, 4.69) is 27.4 Å². The minimum absolute atomic E-state index is 0.0490. The SMILES string of the molecule is Cc1cc(NCC2CCOC2c2ccccc2)nc(-c2ccc([N+](=O)[O-])cc2)n1. The molecule has 7 nitrogen and oxygen atoms in total. The van der Waals surface area contributed by atoms with Crippen LogP contribution in [0, 0.1) is 23.0 Å². The summed E-state index contributed by atoms with van der Waals surface area (Å²) in [5, 5.41) is 14.3. The molecule has 148 valence electrons. The van der Waals surface area contributed by atoms with Gasteiger partial charge in [-0.1, -0.05) is 30.3 Å². The lowest BCUT2D eigenvalue weighted by molar-refractivity contribution is -0.384. The lowest BCUT2D eigenvalue weighted by Gasteiger charge is -2.20. The highest BCUT2D eigenvalue weighted by molar-refractivity contribution is 5.59. The van der Waals surface area contributed by atoms with Crippen LogP contribution in [-0.2, 0) is 4.74 Å². The quantitative estimate of drug-likeness (QED) is 0.490. The molecule has 2 unspecified atom stereocenters. The number of nitrogens with one attached hydrogen (secondary N) is 1. The number of hydrogen-bond donors (Lipinski definition) is 1. The zero-order valence-electron chi connectivity index (χ0n) is 16.1. The van der Waals surface area contributed by atoms with Crippen molar-refractivity contribution >= 4 is 11.5 Å². The van der Waals surface area contributed by atoms with Crippen LogP contribution >= 0.6 is 0 Å². The molecule has 4 rings (SSSR count). The van der Waals surface area contributed by atoms with Crippen LogP contribution in [0.4, 0.5) is 11.5 Å². The molecule has 7 heteroatoms. The Kier molecular flexibility index (Phi) is 5.48. The van der Waals surface area contributed by atoms with E-state index in [4.69, 9.17) is 4.74 Å². The summed E-state index contributed by atoms with van der Waals surface area (Å²) in [7, 11) is 0. The zero-order chi connectivity index (χ0) is 20.2. The minimum atomic E-state index is -0.416. The summed E-state index contributed by atoms with van der Waals surface area (Å²) in [5.74, 6) is 1.64. The van der Waals surface area contributed by atoms with E-state index in [1.165, 1.54) is 17.7 Å². The molecule has 1 aliphatic rings. The topological polar surface area (TPSA) is 90.2 Å². The third kappa shape index (κ3) is 4.41. The van der Waals surface area contributed by atoms with Crippen molar-refractivity contribution < 1.29 is 9.66 Å². The Balaban J connectivity index is 1.48. The number of aromatic nitrogens is 2. The fourth-order valence-corrected chi connectivity index (χ4v) is 3.61. The van der Waals surface area contributed by atoms with E-state index >= 15 is 0 Å². The first-order chi connectivity index (χ1) is 14.1. The van der Waals surface area contributed by atoms with E-state index < -0.39 is 4.92 Å². The lowest BCUT2D eigenvalue weighted by atomic mass is 9.95. The van der Waals surface area contributed by atoms with Crippen LogP contribution in [0.1, 0.15) is 23.8 Å². The van der Waals surface area contributed by atoms with Crippen molar-refractivity contribution in [3.63, 3.8) is 0 Å². The molecule has 0 radical (unpaired) electrons. The number of anilines is 1. The Labute approximate surface area is 168 Å². The summed E-state index contributed by atoms with van der Waals surface area (Å²) in [6, 6.07) is 18.5. The number of benzene rings is 2. The molecule has 2 aromatic carbocycles. The Hall–Kier alpha value is -3.32. The van der Waals surface area contributed by atoms with E-state index in [-0.39, 0.29) is 11.8 Å². The molecule has 0 amide bonds. The van der Waals surface area contributed by atoms with Crippen molar-refractivity contribution in [2.24, 2.45) is 5.92 Å². The standard InChI is InChI=1S/C22H22N4O3/c1-15-13-20(25-22(24-15)17-7-9-19(10-8-17)26(27)28)23-14-18-11-12-29-21(18)16-5-3-2-4-6-16/h2-10,13,18,21H,11-12,14H2,1H3,(H,23,24,25). The molecule has 0 spiro atoms. The maximum Gasteiger partial charge on any atom is 0.269 e. The number of non-ortho nitro benzene ring substituents is 1. The predicted molar refractivity (Wildman–Crippen MR) is 111 cm³/mol. The maximum atomic E-state index is 10.9. The van der Waals surface area contributed by atoms with Gasteiger partial charge in [0.2, 0.25) is 0 Å². The molecule has 0 saturated carbocycles. The monoisotopic (exact) mass is 390 g/mol. The second-order valence-electron chi connectivity index (χ2n) is 7.15. The zero-order valence-corrected chi connectivity index (χ0v) is 16.1. The molecule has 3 aromatic rings. The van der Waals surface area contributed by atoms with Crippen molar-refractivity contribution in [2.75, 3.05) is 18.5 Å². The van der Waals surface area contributed by atoms with Gasteiger partial charge in [0, 0.05) is 48.5 Å². The Morgan fingerprint density at radius 1 is 1.14 bits per heavy atom. The summed E-state index contributed by atoms with van der Waals surface area (Å²) in [4.78, 5) is 19.5. The number of nitro groups is 1. The summed E-state index contributed by atoms with van der Waals surface area (Å²) in [5.41, 5.74) is 2.82. The summed E-state index contributed by atoms with van der Waals surface area (Å²) < 4.78 is 5.96. The van der Waals surface area contributed by atoms with Gasteiger partial charge >= 0.3 is 0 Å². The van der Waals surface area contributed by atoms with Gasteiger partial charge in [0.05, 0.1) is 11.0 Å². The molecular formula is C22H22N4O3. The van der Waals surface area contributed by atoms with Crippen LogP contribution < -0.4 is 5.32 Å². The van der Waals surface area contributed by atoms with Crippen molar-refractivity contribution in [3.8, 4) is 11.4 Å². The van der Waals surface area contributed by atoms with Gasteiger partial charge in [-0.05, 0) is 31.0 Å². The summed E-state index contributed by atoms with van der Waals surface area (Å²) in [6.45, 7) is 3.41. The number of hydrogen-bond acceptors (Lipinski definition) is 6.